The number of hydrogen-bond donors (Lipinski definition) is 0. The summed E-state index contributed by atoms with van der Waals surface area (Å²) in [4.78, 5) is 29.0. The van der Waals surface area contributed by atoms with E-state index in [4.69, 9.17) is 0 Å². The van der Waals surface area contributed by atoms with Crippen LogP contribution in [0.3, 0.4) is 0 Å². The fourth-order valence-corrected chi connectivity index (χ4v) is 4.70. The summed E-state index contributed by atoms with van der Waals surface area (Å²) in [7, 11) is 0. The number of likely N-dealkylation sites (tertiary alicyclic amines) is 1. The largest absolute Gasteiger partial charge is 0.335 e. The summed E-state index contributed by atoms with van der Waals surface area (Å²) in [6, 6.07) is 5.74. The molecular formula is C20H27FN2O2. The molecule has 1 atom stereocenters. The predicted octanol–water partition coefficient (Wildman–Crippen LogP) is 3.61. The summed E-state index contributed by atoms with van der Waals surface area (Å²) in [6.45, 7) is 4.79. The maximum Gasteiger partial charge on any atom is 0.254 e. The molecule has 0 N–H and O–H groups in total. The van der Waals surface area contributed by atoms with Crippen molar-refractivity contribution >= 4 is 11.8 Å². The molecule has 2 amide bonds. The first kappa shape index (κ1) is 17.9. The van der Waals surface area contributed by atoms with Gasteiger partial charge in [-0.25, -0.2) is 4.39 Å². The van der Waals surface area contributed by atoms with Crippen molar-refractivity contribution in [3.63, 3.8) is 0 Å². The molecule has 1 saturated heterocycles. The first-order chi connectivity index (χ1) is 12.0. The van der Waals surface area contributed by atoms with Crippen molar-refractivity contribution in [2.24, 2.45) is 0 Å². The number of rotatable bonds is 3. The van der Waals surface area contributed by atoms with Gasteiger partial charge in [0.2, 0.25) is 5.91 Å². The van der Waals surface area contributed by atoms with Crippen LogP contribution in [0, 0.1) is 5.82 Å². The molecule has 1 aliphatic carbocycles. The number of likely N-dealkylation sites (N-methyl/N-ethyl adjacent to an activating group) is 1. The van der Waals surface area contributed by atoms with Crippen molar-refractivity contribution in [2.45, 2.75) is 64.0 Å². The number of halogens is 1. The first-order valence-corrected chi connectivity index (χ1v) is 9.31. The summed E-state index contributed by atoms with van der Waals surface area (Å²) in [5.74, 6) is -0.317. The third-order valence-electron chi connectivity index (χ3n) is 5.88. The Balaban J connectivity index is 1.82. The summed E-state index contributed by atoms with van der Waals surface area (Å²) < 4.78 is 13.1. The van der Waals surface area contributed by atoms with Crippen LogP contribution in [0.2, 0.25) is 0 Å². The van der Waals surface area contributed by atoms with Crippen molar-refractivity contribution in [2.75, 3.05) is 13.1 Å². The minimum absolute atomic E-state index is 0.0320. The number of amides is 2. The fraction of sp³-hybridized carbons (Fsp3) is 0.600. The molecule has 0 unspecified atom stereocenters. The topological polar surface area (TPSA) is 40.6 Å². The Kier molecular flexibility index (Phi) is 5.11. The molecule has 0 bridgehead atoms. The van der Waals surface area contributed by atoms with E-state index in [1.165, 1.54) is 30.7 Å². The molecule has 136 valence electrons. The molecule has 1 heterocycles. The standard InChI is InChI=1S/C20H27FN2O2/c1-3-22(19(25)16-7-9-17(21)10-8-16)18-13-20(11-5-4-6-12-20)23(14-18)15(2)24/h7-10,18H,3-6,11-14H2,1-2H3/t18-/m0/s1. The molecule has 2 aliphatic rings. The Labute approximate surface area is 149 Å². The number of carbonyl (C=O) groups excluding carboxylic acids is 2. The van der Waals surface area contributed by atoms with Crippen molar-refractivity contribution in [3.8, 4) is 0 Å². The van der Waals surface area contributed by atoms with E-state index in [2.05, 4.69) is 0 Å². The zero-order valence-corrected chi connectivity index (χ0v) is 15.1. The number of nitrogens with zero attached hydrogens (tertiary/aromatic N) is 2. The minimum Gasteiger partial charge on any atom is -0.335 e. The maximum atomic E-state index is 13.1. The highest BCUT2D eigenvalue weighted by atomic mass is 19.1. The molecule has 1 aromatic rings. The average Bonchev–Trinajstić information content (AvgIpc) is 2.95. The van der Waals surface area contributed by atoms with Crippen molar-refractivity contribution in [1.82, 2.24) is 9.80 Å². The van der Waals surface area contributed by atoms with Crippen LogP contribution in [0.4, 0.5) is 4.39 Å². The summed E-state index contributed by atoms with van der Waals surface area (Å²) >= 11 is 0. The second-order valence-corrected chi connectivity index (χ2v) is 7.37. The minimum atomic E-state index is -0.343. The van der Waals surface area contributed by atoms with E-state index >= 15 is 0 Å². The molecule has 5 heteroatoms. The summed E-state index contributed by atoms with van der Waals surface area (Å²) in [5.41, 5.74) is 0.424. The van der Waals surface area contributed by atoms with Gasteiger partial charge in [0.1, 0.15) is 5.82 Å². The molecule has 4 nitrogen and oxygen atoms in total. The molecule has 0 radical (unpaired) electrons. The van der Waals surface area contributed by atoms with Crippen LogP contribution in [0.25, 0.3) is 0 Å². The molecule has 0 aromatic heterocycles. The van der Waals surface area contributed by atoms with Crippen LogP contribution in [-0.2, 0) is 4.79 Å². The van der Waals surface area contributed by atoms with Gasteiger partial charge in [-0.05, 0) is 50.5 Å². The summed E-state index contributed by atoms with van der Waals surface area (Å²) in [6.07, 6.45) is 6.44. The Bertz CT molecular complexity index is 638. The molecule has 3 rings (SSSR count). The Hall–Kier alpha value is -1.91. The highest BCUT2D eigenvalue weighted by Gasteiger charge is 2.49. The van der Waals surface area contributed by atoms with Gasteiger partial charge in [0.15, 0.2) is 0 Å². The van der Waals surface area contributed by atoms with E-state index in [1.54, 1.807) is 6.92 Å². The van der Waals surface area contributed by atoms with Gasteiger partial charge in [0, 0.05) is 31.1 Å². The van der Waals surface area contributed by atoms with Crippen LogP contribution >= 0.6 is 0 Å². The SMILES string of the molecule is CCN(C(=O)c1ccc(F)cc1)[C@@H]1CN(C(C)=O)C2(CCCCC2)C1. The van der Waals surface area contributed by atoms with E-state index in [1.807, 2.05) is 16.7 Å². The van der Waals surface area contributed by atoms with Gasteiger partial charge in [0.05, 0.1) is 6.04 Å². The van der Waals surface area contributed by atoms with Crippen molar-refractivity contribution in [1.29, 1.82) is 0 Å². The predicted molar refractivity (Wildman–Crippen MR) is 94.7 cm³/mol. The lowest BCUT2D eigenvalue weighted by Crippen LogP contribution is -2.47. The van der Waals surface area contributed by atoms with Crippen molar-refractivity contribution < 1.29 is 14.0 Å². The molecule has 25 heavy (non-hydrogen) atoms. The van der Waals surface area contributed by atoms with Gasteiger partial charge >= 0.3 is 0 Å². The van der Waals surface area contributed by atoms with Crippen molar-refractivity contribution in [3.05, 3.63) is 35.6 Å². The second-order valence-electron chi connectivity index (χ2n) is 7.37. The lowest BCUT2D eigenvalue weighted by atomic mass is 9.79. The zero-order valence-electron chi connectivity index (χ0n) is 15.1. The molecule has 1 spiro atoms. The Morgan fingerprint density at radius 3 is 2.40 bits per heavy atom. The number of hydrogen-bond acceptors (Lipinski definition) is 2. The number of benzene rings is 1. The lowest BCUT2D eigenvalue weighted by Gasteiger charge is -2.41. The summed E-state index contributed by atoms with van der Waals surface area (Å²) in [5, 5.41) is 0. The van der Waals surface area contributed by atoms with Crippen LogP contribution in [0.15, 0.2) is 24.3 Å². The molecule has 1 aromatic carbocycles. The third kappa shape index (κ3) is 3.42. The maximum absolute atomic E-state index is 13.1. The van der Waals surface area contributed by atoms with Crippen LogP contribution < -0.4 is 0 Å². The number of carbonyl (C=O) groups is 2. The molecular weight excluding hydrogens is 319 g/mol. The van der Waals surface area contributed by atoms with Crippen LogP contribution in [0.1, 0.15) is 62.7 Å². The normalized spacial score (nSPS) is 22.2. The highest BCUT2D eigenvalue weighted by molar-refractivity contribution is 5.94. The molecule has 1 aliphatic heterocycles. The Morgan fingerprint density at radius 1 is 1.20 bits per heavy atom. The molecule has 2 fully saturated rings. The second kappa shape index (κ2) is 7.14. The highest BCUT2D eigenvalue weighted by Crippen LogP contribution is 2.43. The smallest absolute Gasteiger partial charge is 0.254 e. The van der Waals surface area contributed by atoms with Crippen LogP contribution in [0.5, 0.6) is 0 Å². The van der Waals surface area contributed by atoms with E-state index in [0.29, 0.717) is 18.7 Å². The third-order valence-corrected chi connectivity index (χ3v) is 5.88. The van der Waals surface area contributed by atoms with Gasteiger partial charge < -0.3 is 9.80 Å². The fourth-order valence-electron chi connectivity index (χ4n) is 4.70. The van der Waals surface area contributed by atoms with Gasteiger partial charge in [-0.15, -0.1) is 0 Å². The molecule has 1 saturated carbocycles. The average molecular weight is 346 g/mol. The van der Waals surface area contributed by atoms with Gasteiger partial charge in [-0.2, -0.15) is 0 Å². The lowest BCUT2D eigenvalue weighted by molar-refractivity contribution is -0.134. The van der Waals surface area contributed by atoms with Gasteiger partial charge in [0.25, 0.3) is 5.91 Å². The van der Waals surface area contributed by atoms with Crippen LogP contribution in [-0.4, -0.2) is 46.3 Å². The van der Waals surface area contributed by atoms with Gasteiger partial charge in [-0.1, -0.05) is 19.3 Å². The van der Waals surface area contributed by atoms with E-state index in [9.17, 15) is 14.0 Å². The quantitative estimate of drug-likeness (QED) is 0.839. The van der Waals surface area contributed by atoms with E-state index < -0.39 is 0 Å². The Morgan fingerprint density at radius 2 is 1.84 bits per heavy atom. The monoisotopic (exact) mass is 346 g/mol. The van der Waals surface area contributed by atoms with E-state index in [0.717, 1.165) is 32.1 Å². The van der Waals surface area contributed by atoms with Gasteiger partial charge in [-0.3, -0.25) is 9.59 Å². The first-order valence-electron chi connectivity index (χ1n) is 9.31. The van der Waals surface area contributed by atoms with E-state index in [-0.39, 0.29) is 29.2 Å². The zero-order chi connectivity index (χ0) is 18.0.